The Bertz CT molecular complexity index is 655. The Morgan fingerprint density at radius 2 is 2.14 bits per heavy atom. The lowest BCUT2D eigenvalue weighted by Crippen LogP contribution is -2.11. The monoisotopic (exact) mass is 342 g/mol. The Morgan fingerprint density at radius 3 is 2.81 bits per heavy atom. The molecule has 0 aliphatic rings. The summed E-state index contributed by atoms with van der Waals surface area (Å²) in [5, 5.41) is 5.59. The van der Waals surface area contributed by atoms with Gasteiger partial charge in [-0.1, -0.05) is 29.3 Å². The summed E-state index contributed by atoms with van der Waals surface area (Å²) in [6.45, 7) is 4.54. The van der Waals surface area contributed by atoms with E-state index in [2.05, 4.69) is 5.10 Å². The highest BCUT2D eigenvalue weighted by atomic mass is 35.5. The Kier molecular flexibility index (Phi) is 5.73. The van der Waals surface area contributed by atoms with Gasteiger partial charge < -0.3 is 0 Å². The summed E-state index contributed by atoms with van der Waals surface area (Å²) in [5.74, 6) is 0.515. The molecule has 0 N–H and O–H groups in total. The zero-order valence-electron chi connectivity index (χ0n) is 11.9. The van der Waals surface area contributed by atoms with E-state index in [-0.39, 0.29) is 5.78 Å². The van der Waals surface area contributed by atoms with Gasteiger partial charge in [0.1, 0.15) is 5.78 Å². The molecule has 0 fully saturated rings. The molecule has 21 heavy (non-hydrogen) atoms. The second-order valence-corrected chi connectivity index (χ2v) is 6.49. The molecule has 0 unspecified atom stereocenters. The van der Waals surface area contributed by atoms with Crippen LogP contribution in [-0.2, 0) is 17.8 Å². The first-order chi connectivity index (χ1) is 10.0. The predicted octanol–water partition coefficient (Wildman–Crippen LogP) is 4.42. The summed E-state index contributed by atoms with van der Waals surface area (Å²) in [6.07, 6.45) is 0.307. The number of carbonyl (C=O) groups is 1. The molecule has 0 aliphatic carbocycles. The van der Waals surface area contributed by atoms with Crippen molar-refractivity contribution in [3.05, 3.63) is 45.7 Å². The first-order valence-corrected chi connectivity index (χ1v) is 8.37. The maximum Gasteiger partial charge on any atom is 0.149 e. The van der Waals surface area contributed by atoms with E-state index in [1.165, 1.54) is 11.8 Å². The molecule has 1 heterocycles. The maximum absolute atomic E-state index is 12.1. The average Bonchev–Trinajstić information content (AvgIpc) is 2.73. The van der Waals surface area contributed by atoms with Crippen molar-refractivity contribution in [2.75, 3.05) is 5.75 Å². The van der Waals surface area contributed by atoms with E-state index in [0.717, 1.165) is 16.3 Å². The van der Waals surface area contributed by atoms with Gasteiger partial charge in [0.15, 0.2) is 0 Å². The minimum absolute atomic E-state index is 0.122. The van der Waals surface area contributed by atoms with Crippen molar-refractivity contribution in [2.24, 2.45) is 0 Å². The molecular weight excluding hydrogens is 327 g/mol. The second kappa shape index (κ2) is 7.34. The van der Waals surface area contributed by atoms with Crippen LogP contribution in [0.15, 0.2) is 29.2 Å². The Hall–Kier alpha value is -0.970. The number of hydrogen-bond donors (Lipinski definition) is 0. The van der Waals surface area contributed by atoms with Gasteiger partial charge in [-0.25, -0.2) is 0 Å². The summed E-state index contributed by atoms with van der Waals surface area (Å²) >= 11 is 13.6. The molecule has 0 saturated heterocycles. The molecule has 2 aromatic rings. The summed E-state index contributed by atoms with van der Waals surface area (Å²) in [6, 6.07) is 7.49. The van der Waals surface area contributed by atoms with Gasteiger partial charge in [-0.2, -0.15) is 5.10 Å². The van der Waals surface area contributed by atoms with E-state index in [4.69, 9.17) is 23.2 Å². The van der Waals surface area contributed by atoms with Crippen LogP contribution in [0.4, 0.5) is 0 Å². The van der Waals surface area contributed by atoms with Crippen molar-refractivity contribution in [3.8, 4) is 0 Å². The highest BCUT2D eigenvalue weighted by Gasteiger charge is 2.16. The first kappa shape index (κ1) is 16.4. The normalized spacial score (nSPS) is 10.9. The second-order valence-electron chi connectivity index (χ2n) is 4.62. The van der Waals surface area contributed by atoms with Crippen LogP contribution in [0.3, 0.4) is 0 Å². The van der Waals surface area contributed by atoms with Crippen LogP contribution in [0.2, 0.25) is 10.0 Å². The van der Waals surface area contributed by atoms with Gasteiger partial charge in [0, 0.05) is 16.5 Å². The molecule has 0 bridgehead atoms. The highest BCUT2D eigenvalue weighted by Crippen LogP contribution is 2.24. The van der Waals surface area contributed by atoms with Crippen LogP contribution in [0.25, 0.3) is 0 Å². The van der Waals surface area contributed by atoms with Crippen LogP contribution in [0.5, 0.6) is 0 Å². The number of ketones is 1. The van der Waals surface area contributed by atoms with Crippen molar-refractivity contribution in [1.29, 1.82) is 0 Å². The maximum atomic E-state index is 12.1. The third-order valence-electron chi connectivity index (χ3n) is 3.01. The number of nitrogens with zero attached hydrogens (tertiary/aromatic N) is 2. The predicted molar refractivity (Wildman–Crippen MR) is 88.5 cm³/mol. The van der Waals surface area contributed by atoms with E-state index in [1.807, 2.05) is 38.1 Å². The van der Waals surface area contributed by atoms with Crippen molar-refractivity contribution in [2.45, 2.75) is 31.7 Å². The van der Waals surface area contributed by atoms with Gasteiger partial charge in [0.05, 0.1) is 28.6 Å². The van der Waals surface area contributed by atoms with Gasteiger partial charge in [0.2, 0.25) is 0 Å². The number of thioether (sulfide) groups is 1. The van der Waals surface area contributed by atoms with Crippen molar-refractivity contribution >= 4 is 40.7 Å². The molecule has 3 nitrogen and oxygen atoms in total. The average molecular weight is 343 g/mol. The number of hydrogen-bond acceptors (Lipinski definition) is 3. The number of benzene rings is 1. The number of aryl methyl sites for hydroxylation is 2. The molecule has 0 amide bonds. The number of Topliss-reactive ketones (excluding diaryl/α,β-unsaturated/α-hetero) is 1. The van der Waals surface area contributed by atoms with Crippen LogP contribution >= 0.6 is 35.0 Å². The first-order valence-electron chi connectivity index (χ1n) is 6.63. The SMILES string of the molecule is CCn1nc(C)c(Cl)c1CC(=O)CSc1cccc(Cl)c1. The molecule has 112 valence electrons. The van der Waals surface area contributed by atoms with Gasteiger partial charge in [-0.3, -0.25) is 9.48 Å². The van der Waals surface area contributed by atoms with E-state index in [9.17, 15) is 4.79 Å². The summed E-state index contributed by atoms with van der Waals surface area (Å²) < 4.78 is 1.79. The highest BCUT2D eigenvalue weighted by molar-refractivity contribution is 8.00. The van der Waals surface area contributed by atoms with Crippen molar-refractivity contribution in [1.82, 2.24) is 9.78 Å². The quantitative estimate of drug-likeness (QED) is 0.728. The molecule has 1 aromatic carbocycles. The third-order valence-corrected chi connectivity index (χ3v) is 4.79. The molecular formula is C15H16Cl2N2OS. The molecule has 6 heteroatoms. The molecule has 0 radical (unpaired) electrons. The molecule has 2 rings (SSSR count). The van der Waals surface area contributed by atoms with Gasteiger partial charge in [-0.05, 0) is 32.0 Å². The number of rotatable bonds is 6. The summed E-state index contributed by atoms with van der Waals surface area (Å²) in [4.78, 5) is 13.1. The zero-order chi connectivity index (χ0) is 15.4. The van der Waals surface area contributed by atoms with Gasteiger partial charge >= 0.3 is 0 Å². The molecule has 0 spiro atoms. The topological polar surface area (TPSA) is 34.9 Å². The lowest BCUT2D eigenvalue weighted by molar-refractivity contribution is -0.116. The third kappa shape index (κ3) is 4.25. The zero-order valence-corrected chi connectivity index (χ0v) is 14.2. The number of halogens is 2. The lowest BCUT2D eigenvalue weighted by Gasteiger charge is -2.05. The van der Waals surface area contributed by atoms with Crippen molar-refractivity contribution in [3.63, 3.8) is 0 Å². The van der Waals surface area contributed by atoms with Crippen molar-refractivity contribution < 1.29 is 4.79 Å². The fourth-order valence-electron chi connectivity index (χ4n) is 2.00. The Morgan fingerprint density at radius 1 is 1.38 bits per heavy atom. The Labute approximate surface area is 138 Å². The smallest absolute Gasteiger partial charge is 0.149 e. The Balaban J connectivity index is 1.99. The fraction of sp³-hybridized carbons (Fsp3) is 0.333. The van der Waals surface area contributed by atoms with E-state index in [1.54, 1.807) is 4.68 Å². The minimum atomic E-state index is 0.122. The largest absolute Gasteiger partial charge is 0.298 e. The molecule has 0 saturated carbocycles. The van der Waals surface area contributed by atoms with Crippen LogP contribution in [0.1, 0.15) is 18.3 Å². The van der Waals surface area contributed by atoms with Gasteiger partial charge in [-0.15, -0.1) is 11.8 Å². The minimum Gasteiger partial charge on any atom is -0.298 e. The summed E-state index contributed by atoms with van der Waals surface area (Å²) in [5.41, 5.74) is 1.57. The molecule has 1 aromatic heterocycles. The van der Waals surface area contributed by atoms with E-state index < -0.39 is 0 Å². The van der Waals surface area contributed by atoms with E-state index in [0.29, 0.717) is 28.8 Å². The molecule has 0 atom stereocenters. The van der Waals surface area contributed by atoms with Gasteiger partial charge in [0.25, 0.3) is 0 Å². The van der Waals surface area contributed by atoms with Crippen LogP contribution in [-0.4, -0.2) is 21.3 Å². The summed E-state index contributed by atoms with van der Waals surface area (Å²) in [7, 11) is 0. The number of carbonyl (C=O) groups excluding carboxylic acids is 1. The fourth-order valence-corrected chi connectivity index (χ4v) is 3.27. The van der Waals surface area contributed by atoms with E-state index >= 15 is 0 Å². The standard InChI is InChI=1S/C15H16Cl2N2OS/c1-3-19-14(15(17)10(2)18-19)8-12(20)9-21-13-6-4-5-11(16)7-13/h4-7H,3,8-9H2,1-2H3. The number of aromatic nitrogens is 2. The van der Waals surface area contributed by atoms with Crippen LogP contribution < -0.4 is 0 Å². The lowest BCUT2D eigenvalue weighted by atomic mass is 10.2. The van der Waals surface area contributed by atoms with Crippen LogP contribution in [0, 0.1) is 6.92 Å². The molecule has 0 aliphatic heterocycles.